The highest BCUT2D eigenvalue weighted by Crippen LogP contribution is 2.16. The van der Waals surface area contributed by atoms with Gasteiger partial charge in [0.05, 0.1) is 17.9 Å². The number of ether oxygens (including phenoxy) is 1. The molecule has 0 fully saturated rings. The summed E-state index contributed by atoms with van der Waals surface area (Å²) >= 11 is 0. The normalized spacial score (nSPS) is 10.0. The fourth-order valence-electron chi connectivity index (χ4n) is 1.70. The molecule has 0 radical (unpaired) electrons. The van der Waals surface area contributed by atoms with Crippen LogP contribution in [0.3, 0.4) is 0 Å². The maximum absolute atomic E-state index is 12.0. The topological polar surface area (TPSA) is 105 Å². The van der Waals surface area contributed by atoms with E-state index in [4.69, 9.17) is 9.84 Å². The van der Waals surface area contributed by atoms with Crippen molar-refractivity contribution in [2.45, 2.75) is 26.2 Å². The SMILES string of the molecule is CCCCOC(=O)c1ccccc1NC(=O)C(=O)NCCCO. The molecule has 23 heavy (non-hydrogen) atoms. The third-order valence-electron chi connectivity index (χ3n) is 2.95. The highest BCUT2D eigenvalue weighted by Gasteiger charge is 2.18. The molecule has 2 amide bonds. The fourth-order valence-corrected chi connectivity index (χ4v) is 1.70. The van der Waals surface area contributed by atoms with Crippen LogP contribution in [0.5, 0.6) is 0 Å². The average Bonchev–Trinajstić information content (AvgIpc) is 2.55. The smallest absolute Gasteiger partial charge is 0.340 e. The van der Waals surface area contributed by atoms with Crippen molar-refractivity contribution < 1.29 is 24.2 Å². The van der Waals surface area contributed by atoms with Crippen molar-refractivity contribution in [2.75, 3.05) is 25.1 Å². The van der Waals surface area contributed by atoms with Crippen molar-refractivity contribution in [3.05, 3.63) is 29.8 Å². The van der Waals surface area contributed by atoms with Crippen LogP contribution in [0.1, 0.15) is 36.5 Å². The predicted molar refractivity (Wildman–Crippen MR) is 85.0 cm³/mol. The third-order valence-corrected chi connectivity index (χ3v) is 2.95. The van der Waals surface area contributed by atoms with Crippen LogP contribution >= 0.6 is 0 Å². The molecule has 0 aliphatic carbocycles. The molecule has 0 atom stereocenters. The number of para-hydroxylation sites is 1. The Balaban J connectivity index is 2.67. The Bertz CT molecular complexity index is 545. The maximum atomic E-state index is 12.0. The Kier molecular flexibility index (Phi) is 8.38. The molecule has 0 spiro atoms. The van der Waals surface area contributed by atoms with Gasteiger partial charge in [-0.3, -0.25) is 9.59 Å². The number of rotatable bonds is 8. The van der Waals surface area contributed by atoms with Gasteiger partial charge in [-0.1, -0.05) is 25.5 Å². The Labute approximate surface area is 135 Å². The molecule has 1 aromatic rings. The van der Waals surface area contributed by atoms with Crippen LogP contribution in [0.15, 0.2) is 24.3 Å². The second kappa shape index (κ2) is 10.3. The second-order valence-electron chi connectivity index (χ2n) is 4.82. The molecule has 1 aromatic carbocycles. The predicted octanol–water partition coefficient (Wildman–Crippen LogP) is 1.08. The molecular weight excluding hydrogens is 300 g/mol. The van der Waals surface area contributed by atoms with Crippen molar-refractivity contribution in [2.24, 2.45) is 0 Å². The van der Waals surface area contributed by atoms with Gasteiger partial charge in [-0.15, -0.1) is 0 Å². The number of hydrogen-bond donors (Lipinski definition) is 3. The van der Waals surface area contributed by atoms with Crippen LogP contribution in [0, 0.1) is 0 Å². The Morgan fingerprint density at radius 2 is 1.87 bits per heavy atom. The van der Waals surface area contributed by atoms with Crippen molar-refractivity contribution in [3.8, 4) is 0 Å². The molecule has 0 aliphatic heterocycles. The third kappa shape index (κ3) is 6.48. The average molecular weight is 322 g/mol. The lowest BCUT2D eigenvalue weighted by atomic mass is 10.1. The van der Waals surface area contributed by atoms with E-state index in [1.165, 1.54) is 12.1 Å². The summed E-state index contributed by atoms with van der Waals surface area (Å²) in [5.41, 5.74) is 0.413. The minimum absolute atomic E-state index is 0.0751. The highest BCUT2D eigenvalue weighted by molar-refractivity contribution is 6.40. The van der Waals surface area contributed by atoms with Gasteiger partial charge >= 0.3 is 17.8 Å². The van der Waals surface area contributed by atoms with Crippen molar-refractivity contribution in [1.82, 2.24) is 5.32 Å². The first-order valence-electron chi connectivity index (χ1n) is 7.56. The number of benzene rings is 1. The first-order valence-corrected chi connectivity index (χ1v) is 7.56. The monoisotopic (exact) mass is 322 g/mol. The number of hydrogen-bond acceptors (Lipinski definition) is 5. The fraction of sp³-hybridized carbons (Fsp3) is 0.438. The molecule has 0 aromatic heterocycles. The molecular formula is C16H22N2O5. The highest BCUT2D eigenvalue weighted by atomic mass is 16.5. The van der Waals surface area contributed by atoms with E-state index in [2.05, 4.69) is 10.6 Å². The summed E-state index contributed by atoms with van der Waals surface area (Å²) < 4.78 is 5.11. The number of aliphatic hydroxyl groups is 1. The van der Waals surface area contributed by atoms with Crippen molar-refractivity contribution >= 4 is 23.5 Å². The van der Waals surface area contributed by atoms with Gasteiger partial charge in [0.15, 0.2) is 0 Å². The molecule has 0 saturated heterocycles. The zero-order valence-corrected chi connectivity index (χ0v) is 13.1. The van der Waals surface area contributed by atoms with Gasteiger partial charge in [0.1, 0.15) is 0 Å². The molecule has 7 nitrogen and oxygen atoms in total. The standard InChI is InChI=1S/C16H22N2O5/c1-2-3-11-23-16(22)12-7-4-5-8-13(12)18-15(21)14(20)17-9-6-10-19/h4-5,7-8,19H,2-3,6,9-11H2,1H3,(H,17,20)(H,18,21). The first kappa shape index (κ1) is 18.6. The van der Waals surface area contributed by atoms with Crippen LogP contribution in [-0.2, 0) is 14.3 Å². The Hall–Kier alpha value is -2.41. The zero-order valence-electron chi connectivity index (χ0n) is 13.1. The number of carbonyl (C=O) groups is 3. The lowest BCUT2D eigenvalue weighted by Gasteiger charge is -2.10. The largest absolute Gasteiger partial charge is 0.462 e. The van der Waals surface area contributed by atoms with Crippen LogP contribution in [0.25, 0.3) is 0 Å². The van der Waals surface area contributed by atoms with Gasteiger partial charge in [-0.25, -0.2) is 4.79 Å². The number of nitrogens with one attached hydrogen (secondary N) is 2. The lowest BCUT2D eigenvalue weighted by molar-refractivity contribution is -0.136. The van der Waals surface area contributed by atoms with Gasteiger partial charge < -0.3 is 20.5 Å². The molecule has 0 heterocycles. The number of esters is 1. The summed E-state index contributed by atoms with van der Waals surface area (Å²) in [6.07, 6.45) is 2.02. The number of aliphatic hydroxyl groups excluding tert-OH is 1. The number of amides is 2. The van der Waals surface area contributed by atoms with E-state index in [0.29, 0.717) is 13.0 Å². The van der Waals surface area contributed by atoms with Crippen LogP contribution in [0.2, 0.25) is 0 Å². The van der Waals surface area contributed by atoms with E-state index in [1.807, 2.05) is 6.92 Å². The van der Waals surface area contributed by atoms with E-state index in [9.17, 15) is 14.4 Å². The van der Waals surface area contributed by atoms with E-state index >= 15 is 0 Å². The van der Waals surface area contributed by atoms with Gasteiger partial charge in [-0.05, 0) is 25.0 Å². The van der Waals surface area contributed by atoms with Crippen LogP contribution in [0.4, 0.5) is 5.69 Å². The van der Waals surface area contributed by atoms with E-state index in [-0.39, 0.29) is 24.4 Å². The quantitative estimate of drug-likeness (QED) is 0.377. The molecule has 7 heteroatoms. The van der Waals surface area contributed by atoms with Gasteiger partial charge in [0.2, 0.25) is 0 Å². The van der Waals surface area contributed by atoms with E-state index in [1.54, 1.807) is 12.1 Å². The Morgan fingerprint density at radius 1 is 1.13 bits per heavy atom. The summed E-state index contributed by atoms with van der Waals surface area (Å²) in [6.45, 7) is 2.41. The van der Waals surface area contributed by atoms with Gasteiger partial charge in [-0.2, -0.15) is 0 Å². The lowest BCUT2D eigenvalue weighted by Crippen LogP contribution is -2.36. The molecule has 0 saturated carbocycles. The number of unbranched alkanes of at least 4 members (excludes halogenated alkanes) is 1. The van der Waals surface area contributed by atoms with Crippen molar-refractivity contribution in [1.29, 1.82) is 0 Å². The van der Waals surface area contributed by atoms with Crippen LogP contribution in [-0.4, -0.2) is 42.6 Å². The molecule has 1 rings (SSSR count). The summed E-state index contributed by atoms with van der Waals surface area (Å²) in [5.74, 6) is -2.25. The molecule has 0 unspecified atom stereocenters. The minimum atomic E-state index is -0.878. The summed E-state index contributed by atoms with van der Waals surface area (Å²) in [6, 6.07) is 6.33. The van der Waals surface area contributed by atoms with Gasteiger partial charge in [0.25, 0.3) is 0 Å². The maximum Gasteiger partial charge on any atom is 0.340 e. The number of anilines is 1. The van der Waals surface area contributed by atoms with Crippen LogP contribution < -0.4 is 10.6 Å². The zero-order chi connectivity index (χ0) is 17.1. The molecule has 0 bridgehead atoms. The minimum Gasteiger partial charge on any atom is -0.462 e. The molecule has 3 N–H and O–H groups in total. The number of carbonyl (C=O) groups excluding carboxylic acids is 3. The first-order chi connectivity index (χ1) is 11.1. The van der Waals surface area contributed by atoms with E-state index < -0.39 is 17.8 Å². The molecule has 126 valence electrons. The van der Waals surface area contributed by atoms with Crippen molar-refractivity contribution in [3.63, 3.8) is 0 Å². The van der Waals surface area contributed by atoms with Gasteiger partial charge in [0, 0.05) is 13.2 Å². The summed E-state index contributed by atoms with van der Waals surface area (Å²) in [4.78, 5) is 35.4. The molecule has 0 aliphatic rings. The summed E-state index contributed by atoms with van der Waals surface area (Å²) in [5, 5.41) is 13.4. The van der Waals surface area contributed by atoms with E-state index in [0.717, 1.165) is 12.8 Å². The summed E-state index contributed by atoms with van der Waals surface area (Å²) in [7, 11) is 0. The second-order valence-corrected chi connectivity index (χ2v) is 4.82. The Morgan fingerprint density at radius 3 is 2.57 bits per heavy atom.